The van der Waals surface area contributed by atoms with Gasteiger partial charge in [0.2, 0.25) is 0 Å². The number of hydrogen-bond acceptors (Lipinski definition) is 3. The zero-order valence-corrected chi connectivity index (χ0v) is 14.4. The average Bonchev–Trinajstić information content (AvgIpc) is 2.90. The summed E-state index contributed by atoms with van der Waals surface area (Å²) in [5.74, 6) is 0.0572. The molecule has 0 atom stereocenters. The second-order valence-corrected chi connectivity index (χ2v) is 6.50. The van der Waals surface area contributed by atoms with Crippen LogP contribution in [-0.4, -0.2) is 58.0 Å². The van der Waals surface area contributed by atoms with Crippen molar-refractivity contribution in [3.05, 3.63) is 54.1 Å². The van der Waals surface area contributed by atoms with Crippen LogP contribution in [0.25, 0.3) is 0 Å². The van der Waals surface area contributed by atoms with E-state index in [2.05, 4.69) is 40.2 Å². The summed E-state index contributed by atoms with van der Waals surface area (Å²) >= 11 is 0. The van der Waals surface area contributed by atoms with E-state index in [0.717, 1.165) is 52.0 Å². The third kappa shape index (κ3) is 4.45. The van der Waals surface area contributed by atoms with Gasteiger partial charge in [0.15, 0.2) is 0 Å². The molecule has 0 bridgehead atoms. The van der Waals surface area contributed by atoms with Crippen molar-refractivity contribution >= 4 is 5.91 Å². The van der Waals surface area contributed by atoms with Crippen LogP contribution in [0.5, 0.6) is 0 Å². The minimum absolute atomic E-state index is 0.0572. The van der Waals surface area contributed by atoms with Crippen LogP contribution in [0.3, 0.4) is 0 Å². The van der Waals surface area contributed by atoms with Gasteiger partial charge in [0, 0.05) is 32.9 Å². The Morgan fingerprint density at radius 3 is 2.71 bits per heavy atom. The van der Waals surface area contributed by atoms with Crippen molar-refractivity contribution in [3.8, 4) is 0 Å². The number of rotatable bonds is 5. The van der Waals surface area contributed by atoms with Crippen molar-refractivity contribution in [2.24, 2.45) is 7.05 Å². The van der Waals surface area contributed by atoms with Crippen LogP contribution in [0, 0.1) is 0 Å². The fourth-order valence-electron chi connectivity index (χ4n) is 3.23. The van der Waals surface area contributed by atoms with Gasteiger partial charge in [0.05, 0.1) is 6.33 Å². The Labute approximate surface area is 143 Å². The number of aromatic nitrogens is 2. The lowest BCUT2D eigenvalue weighted by atomic mass is 10.1. The molecule has 2 heterocycles. The third-order valence-corrected chi connectivity index (χ3v) is 4.58. The SMILES string of the molecule is Cn1cnc(C(=O)N2CCCN(CCCc3ccccc3)CC2)c1. The fraction of sp³-hybridized carbons (Fsp3) is 0.474. The molecule has 1 saturated heterocycles. The van der Waals surface area contributed by atoms with Gasteiger partial charge in [-0.15, -0.1) is 0 Å². The Hall–Kier alpha value is -2.14. The highest BCUT2D eigenvalue weighted by molar-refractivity contribution is 5.92. The standard InChI is InChI=1S/C19H26N4O/c1-21-15-18(20-16-21)19(24)23-12-6-11-22(13-14-23)10-5-9-17-7-3-2-4-8-17/h2-4,7-8,15-16H,5-6,9-14H2,1H3. The summed E-state index contributed by atoms with van der Waals surface area (Å²) in [4.78, 5) is 21.1. The molecule has 1 aromatic carbocycles. The summed E-state index contributed by atoms with van der Waals surface area (Å²) in [5.41, 5.74) is 1.95. The predicted molar refractivity (Wildman–Crippen MR) is 94.9 cm³/mol. The van der Waals surface area contributed by atoms with Crippen LogP contribution in [0.15, 0.2) is 42.9 Å². The zero-order chi connectivity index (χ0) is 16.8. The van der Waals surface area contributed by atoms with Crippen molar-refractivity contribution in [2.45, 2.75) is 19.3 Å². The molecule has 1 aliphatic rings. The Balaban J connectivity index is 1.45. The highest BCUT2D eigenvalue weighted by atomic mass is 16.2. The fourth-order valence-corrected chi connectivity index (χ4v) is 3.23. The molecule has 0 radical (unpaired) electrons. The number of amides is 1. The number of nitrogens with zero attached hydrogens (tertiary/aromatic N) is 4. The summed E-state index contributed by atoms with van der Waals surface area (Å²) in [6.45, 7) is 4.74. The van der Waals surface area contributed by atoms with E-state index in [9.17, 15) is 4.79 Å². The summed E-state index contributed by atoms with van der Waals surface area (Å²) in [7, 11) is 1.89. The number of benzene rings is 1. The molecule has 1 fully saturated rings. The maximum absolute atomic E-state index is 12.5. The minimum atomic E-state index is 0.0572. The maximum Gasteiger partial charge on any atom is 0.274 e. The molecule has 24 heavy (non-hydrogen) atoms. The summed E-state index contributed by atoms with van der Waals surface area (Å²) in [5, 5.41) is 0. The first-order valence-corrected chi connectivity index (χ1v) is 8.76. The molecule has 2 aromatic rings. The van der Waals surface area contributed by atoms with Gasteiger partial charge in [-0.3, -0.25) is 4.79 Å². The first-order valence-electron chi connectivity index (χ1n) is 8.76. The molecule has 0 spiro atoms. The molecular formula is C19H26N4O. The van der Waals surface area contributed by atoms with Crippen LogP contribution >= 0.6 is 0 Å². The molecule has 1 aromatic heterocycles. The van der Waals surface area contributed by atoms with Gasteiger partial charge < -0.3 is 14.4 Å². The second kappa shape index (κ2) is 8.11. The lowest BCUT2D eigenvalue weighted by Gasteiger charge is -2.21. The van der Waals surface area contributed by atoms with Gasteiger partial charge >= 0.3 is 0 Å². The normalized spacial score (nSPS) is 16.1. The van der Waals surface area contributed by atoms with Gasteiger partial charge in [-0.2, -0.15) is 0 Å². The number of imidazole rings is 1. The second-order valence-electron chi connectivity index (χ2n) is 6.50. The summed E-state index contributed by atoms with van der Waals surface area (Å²) < 4.78 is 1.82. The first kappa shape index (κ1) is 16.7. The highest BCUT2D eigenvalue weighted by Gasteiger charge is 2.21. The van der Waals surface area contributed by atoms with Gasteiger partial charge in [-0.1, -0.05) is 30.3 Å². The van der Waals surface area contributed by atoms with Gasteiger partial charge in [-0.05, 0) is 37.9 Å². The lowest BCUT2D eigenvalue weighted by molar-refractivity contribution is 0.0756. The molecule has 0 aliphatic carbocycles. The average molecular weight is 326 g/mol. The monoisotopic (exact) mass is 326 g/mol. The summed E-state index contributed by atoms with van der Waals surface area (Å²) in [6.07, 6.45) is 6.79. The molecular weight excluding hydrogens is 300 g/mol. The van der Waals surface area contributed by atoms with E-state index in [1.807, 2.05) is 16.5 Å². The van der Waals surface area contributed by atoms with E-state index < -0.39 is 0 Å². The maximum atomic E-state index is 12.5. The molecule has 5 nitrogen and oxygen atoms in total. The molecule has 0 N–H and O–H groups in total. The largest absolute Gasteiger partial charge is 0.340 e. The molecule has 128 valence electrons. The topological polar surface area (TPSA) is 41.4 Å². The van der Waals surface area contributed by atoms with Crippen LogP contribution < -0.4 is 0 Å². The van der Waals surface area contributed by atoms with E-state index >= 15 is 0 Å². The number of hydrogen-bond donors (Lipinski definition) is 0. The van der Waals surface area contributed by atoms with Crippen molar-refractivity contribution in [1.82, 2.24) is 19.4 Å². The van der Waals surface area contributed by atoms with E-state index in [4.69, 9.17) is 0 Å². The van der Waals surface area contributed by atoms with Crippen molar-refractivity contribution in [1.29, 1.82) is 0 Å². The smallest absolute Gasteiger partial charge is 0.274 e. The number of aryl methyl sites for hydroxylation is 2. The van der Waals surface area contributed by atoms with Crippen molar-refractivity contribution in [3.63, 3.8) is 0 Å². The minimum Gasteiger partial charge on any atom is -0.340 e. The zero-order valence-electron chi connectivity index (χ0n) is 14.4. The highest BCUT2D eigenvalue weighted by Crippen LogP contribution is 2.09. The molecule has 5 heteroatoms. The Kier molecular flexibility index (Phi) is 5.64. The van der Waals surface area contributed by atoms with E-state index in [-0.39, 0.29) is 5.91 Å². The quantitative estimate of drug-likeness (QED) is 0.846. The van der Waals surface area contributed by atoms with Crippen LogP contribution in [0.4, 0.5) is 0 Å². The van der Waals surface area contributed by atoms with Crippen LogP contribution in [0.1, 0.15) is 28.9 Å². The molecule has 1 aliphatic heterocycles. The third-order valence-electron chi connectivity index (χ3n) is 4.58. The van der Waals surface area contributed by atoms with Crippen molar-refractivity contribution < 1.29 is 4.79 Å². The summed E-state index contributed by atoms with van der Waals surface area (Å²) in [6, 6.07) is 10.6. The van der Waals surface area contributed by atoms with Crippen LogP contribution in [-0.2, 0) is 13.5 Å². The van der Waals surface area contributed by atoms with Gasteiger partial charge in [0.25, 0.3) is 5.91 Å². The van der Waals surface area contributed by atoms with E-state index in [0.29, 0.717) is 5.69 Å². The molecule has 0 unspecified atom stereocenters. The Morgan fingerprint density at radius 1 is 1.12 bits per heavy atom. The van der Waals surface area contributed by atoms with Crippen molar-refractivity contribution in [2.75, 3.05) is 32.7 Å². The predicted octanol–water partition coefficient (Wildman–Crippen LogP) is 2.20. The van der Waals surface area contributed by atoms with E-state index in [1.165, 1.54) is 5.56 Å². The lowest BCUT2D eigenvalue weighted by Crippen LogP contribution is -2.35. The number of carbonyl (C=O) groups is 1. The van der Waals surface area contributed by atoms with Gasteiger partial charge in [-0.25, -0.2) is 4.98 Å². The van der Waals surface area contributed by atoms with Gasteiger partial charge in [0.1, 0.15) is 5.69 Å². The Bertz CT molecular complexity index is 652. The van der Waals surface area contributed by atoms with E-state index in [1.54, 1.807) is 12.5 Å². The Morgan fingerprint density at radius 2 is 1.96 bits per heavy atom. The molecule has 3 rings (SSSR count). The number of carbonyl (C=O) groups excluding carboxylic acids is 1. The van der Waals surface area contributed by atoms with Crippen LogP contribution in [0.2, 0.25) is 0 Å². The first-order chi connectivity index (χ1) is 11.7. The molecule has 1 amide bonds. The molecule has 0 saturated carbocycles.